The minimum Gasteiger partial charge on any atom is -0.493 e. The molecule has 1 saturated heterocycles. The van der Waals surface area contributed by atoms with E-state index in [4.69, 9.17) is 10.5 Å². The number of hydrogen-bond donors (Lipinski definition) is 1. The zero-order chi connectivity index (χ0) is 13.9. The molecule has 1 aromatic carbocycles. The summed E-state index contributed by atoms with van der Waals surface area (Å²) >= 11 is 3.63. The van der Waals surface area contributed by atoms with E-state index in [9.17, 15) is 0 Å². The van der Waals surface area contributed by atoms with Crippen molar-refractivity contribution in [2.24, 2.45) is 5.73 Å². The van der Waals surface area contributed by atoms with E-state index in [-0.39, 0.29) is 0 Å². The number of benzene rings is 1. The molecule has 2 aliphatic rings. The van der Waals surface area contributed by atoms with Gasteiger partial charge in [-0.2, -0.15) is 0 Å². The maximum Gasteiger partial charge on any atom is 0.127 e. The Hall–Kier alpha value is -0.580. The van der Waals surface area contributed by atoms with E-state index >= 15 is 0 Å². The summed E-state index contributed by atoms with van der Waals surface area (Å²) in [6.07, 6.45) is 6.19. The van der Waals surface area contributed by atoms with E-state index in [0.29, 0.717) is 6.04 Å². The Kier molecular flexibility index (Phi) is 4.64. The molecule has 0 radical (unpaired) electrons. The Morgan fingerprint density at radius 2 is 2.20 bits per heavy atom. The van der Waals surface area contributed by atoms with Gasteiger partial charge < -0.3 is 10.5 Å². The zero-order valence-electron chi connectivity index (χ0n) is 11.9. The van der Waals surface area contributed by atoms with Gasteiger partial charge in [-0.05, 0) is 37.1 Å². The van der Waals surface area contributed by atoms with Crippen LogP contribution >= 0.6 is 15.9 Å². The third kappa shape index (κ3) is 3.02. The highest BCUT2D eigenvalue weighted by Crippen LogP contribution is 2.34. The van der Waals surface area contributed by atoms with Crippen molar-refractivity contribution in [3.63, 3.8) is 0 Å². The van der Waals surface area contributed by atoms with Crippen LogP contribution < -0.4 is 10.5 Å². The summed E-state index contributed by atoms with van der Waals surface area (Å²) in [5.41, 5.74) is 8.63. The molecule has 0 aromatic heterocycles. The number of ether oxygens (including phenoxy) is 1. The predicted molar refractivity (Wildman–Crippen MR) is 85.1 cm³/mol. The minimum absolute atomic E-state index is 0.522. The smallest absolute Gasteiger partial charge is 0.127 e. The Bertz CT molecular complexity index is 478. The molecule has 3 rings (SSSR count). The highest BCUT2D eigenvalue weighted by Gasteiger charge is 2.23. The summed E-state index contributed by atoms with van der Waals surface area (Å²) in [4.78, 5) is 2.55. The standard InChI is InChI=1S/C16H23BrN2O/c17-14-8-12-5-7-20-16(12)13(9-14)11-19-6-3-1-2-4-15(19)10-18/h8-9,15H,1-7,10-11,18H2. The molecule has 110 valence electrons. The fourth-order valence-corrected chi connectivity index (χ4v) is 3.95. The van der Waals surface area contributed by atoms with Crippen molar-refractivity contribution in [1.29, 1.82) is 0 Å². The van der Waals surface area contributed by atoms with Gasteiger partial charge in [0.15, 0.2) is 0 Å². The molecule has 1 fully saturated rings. The second-order valence-corrected chi connectivity index (χ2v) is 6.78. The van der Waals surface area contributed by atoms with E-state index in [0.717, 1.165) is 42.9 Å². The van der Waals surface area contributed by atoms with Crippen molar-refractivity contribution in [2.75, 3.05) is 19.7 Å². The van der Waals surface area contributed by atoms with Gasteiger partial charge in [-0.1, -0.05) is 28.8 Å². The van der Waals surface area contributed by atoms with Crippen LogP contribution in [0.25, 0.3) is 0 Å². The van der Waals surface area contributed by atoms with Crippen LogP contribution in [0.1, 0.15) is 36.8 Å². The van der Waals surface area contributed by atoms with Crippen LogP contribution in [0.2, 0.25) is 0 Å². The lowest BCUT2D eigenvalue weighted by Gasteiger charge is -2.29. The molecule has 1 unspecified atom stereocenters. The molecule has 3 nitrogen and oxygen atoms in total. The van der Waals surface area contributed by atoms with Crippen LogP contribution in [0.5, 0.6) is 5.75 Å². The molecule has 0 spiro atoms. The number of rotatable bonds is 3. The number of hydrogen-bond acceptors (Lipinski definition) is 3. The quantitative estimate of drug-likeness (QED) is 0.920. The lowest BCUT2D eigenvalue weighted by Crippen LogP contribution is -2.39. The van der Waals surface area contributed by atoms with Gasteiger partial charge >= 0.3 is 0 Å². The van der Waals surface area contributed by atoms with Crippen LogP contribution in [0.15, 0.2) is 16.6 Å². The van der Waals surface area contributed by atoms with Crippen molar-refractivity contribution >= 4 is 15.9 Å². The third-order valence-electron chi connectivity index (χ3n) is 4.47. The van der Waals surface area contributed by atoms with Crippen LogP contribution in [-0.4, -0.2) is 30.6 Å². The second kappa shape index (κ2) is 6.46. The molecule has 2 aliphatic heterocycles. The summed E-state index contributed by atoms with van der Waals surface area (Å²) in [5.74, 6) is 1.12. The fourth-order valence-electron chi connectivity index (χ4n) is 3.39. The van der Waals surface area contributed by atoms with Gasteiger partial charge in [0, 0.05) is 35.6 Å². The van der Waals surface area contributed by atoms with E-state index in [1.807, 2.05) is 0 Å². The Morgan fingerprint density at radius 3 is 3.05 bits per heavy atom. The largest absolute Gasteiger partial charge is 0.493 e. The van der Waals surface area contributed by atoms with Gasteiger partial charge in [0.05, 0.1) is 6.61 Å². The van der Waals surface area contributed by atoms with Crippen LogP contribution in [0.3, 0.4) is 0 Å². The van der Waals surface area contributed by atoms with E-state index in [1.165, 1.54) is 36.8 Å². The minimum atomic E-state index is 0.522. The summed E-state index contributed by atoms with van der Waals surface area (Å²) in [5, 5.41) is 0. The number of halogens is 1. The van der Waals surface area contributed by atoms with Crippen molar-refractivity contribution in [3.8, 4) is 5.75 Å². The molecule has 2 N–H and O–H groups in total. The molecule has 1 atom stereocenters. The SMILES string of the molecule is NCC1CCCCCN1Cc1cc(Br)cc2c1OCC2. The molecule has 1 aromatic rings. The maximum absolute atomic E-state index is 5.98. The first kappa shape index (κ1) is 14.4. The molecule has 0 saturated carbocycles. The second-order valence-electron chi connectivity index (χ2n) is 5.86. The molecular formula is C16H23BrN2O. The maximum atomic E-state index is 5.98. The monoisotopic (exact) mass is 338 g/mol. The van der Waals surface area contributed by atoms with Gasteiger partial charge in [-0.15, -0.1) is 0 Å². The van der Waals surface area contributed by atoms with Crippen LogP contribution in [0.4, 0.5) is 0 Å². The molecule has 4 heteroatoms. The molecule has 20 heavy (non-hydrogen) atoms. The average Bonchev–Trinajstić information content (AvgIpc) is 2.78. The Labute approximate surface area is 129 Å². The average molecular weight is 339 g/mol. The van der Waals surface area contributed by atoms with Gasteiger partial charge in [-0.3, -0.25) is 4.90 Å². The van der Waals surface area contributed by atoms with Gasteiger partial charge in [-0.25, -0.2) is 0 Å². The highest BCUT2D eigenvalue weighted by atomic mass is 79.9. The lowest BCUT2D eigenvalue weighted by atomic mass is 10.1. The first-order chi connectivity index (χ1) is 9.78. The third-order valence-corrected chi connectivity index (χ3v) is 4.93. The number of nitrogens with two attached hydrogens (primary N) is 1. The van der Waals surface area contributed by atoms with Crippen LogP contribution in [0, 0.1) is 0 Å². The lowest BCUT2D eigenvalue weighted by molar-refractivity contribution is 0.193. The van der Waals surface area contributed by atoms with Gasteiger partial charge in [0.25, 0.3) is 0 Å². The number of fused-ring (bicyclic) bond motifs is 1. The van der Waals surface area contributed by atoms with Crippen LogP contribution in [-0.2, 0) is 13.0 Å². The molecule has 0 amide bonds. The molecule has 0 bridgehead atoms. The molecular weight excluding hydrogens is 316 g/mol. The molecule has 2 heterocycles. The molecule has 0 aliphatic carbocycles. The van der Waals surface area contributed by atoms with Crippen molar-refractivity contribution < 1.29 is 4.74 Å². The van der Waals surface area contributed by atoms with Crippen molar-refractivity contribution in [1.82, 2.24) is 4.90 Å². The number of likely N-dealkylation sites (tertiary alicyclic amines) is 1. The summed E-state index contributed by atoms with van der Waals surface area (Å²) < 4.78 is 7.01. The zero-order valence-corrected chi connectivity index (χ0v) is 13.5. The van der Waals surface area contributed by atoms with E-state index < -0.39 is 0 Å². The predicted octanol–water partition coefficient (Wildman–Crippen LogP) is 3.09. The summed E-state index contributed by atoms with van der Waals surface area (Å²) in [6, 6.07) is 4.92. The first-order valence-electron chi connectivity index (χ1n) is 7.66. The Morgan fingerprint density at radius 1 is 1.30 bits per heavy atom. The van der Waals surface area contributed by atoms with Gasteiger partial charge in [0.2, 0.25) is 0 Å². The summed E-state index contributed by atoms with van der Waals surface area (Å²) in [6.45, 7) is 3.70. The first-order valence-corrected chi connectivity index (χ1v) is 8.45. The van der Waals surface area contributed by atoms with E-state index in [1.54, 1.807) is 0 Å². The van der Waals surface area contributed by atoms with Crippen molar-refractivity contribution in [3.05, 3.63) is 27.7 Å². The fraction of sp³-hybridized carbons (Fsp3) is 0.625. The number of nitrogens with zero attached hydrogens (tertiary/aromatic N) is 1. The highest BCUT2D eigenvalue weighted by molar-refractivity contribution is 9.10. The topological polar surface area (TPSA) is 38.5 Å². The van der Waals surface area contributed by atoms with Gasteiger partial charge in [0.1, 0.15) is 5.75 Å². The normalized spacial score (nSPS) is 23.2. The summed E-state index contributed by atoms with van der Waals surface area (Å²) in [7, 11) is 0. The Balaban J connectivity index is 1.82. The van der Waals surface area contributed by atoms with Crippen molar-refractivity contribution in [2.45, 2.75) is 44.7 Å². The van der Waals surface area contributed by atoms with E-state index in [2.05, 4.69) is 33.0 Å².